The van der Waals surface area contributed by atoms with Gasteiger partial charge in [0.25, 0.3) is 0 Å². The van der Waals surface area contributed by atoms with Gasteiger partial charge in [-0.25, -0.2) is 4.39 Å². The number of ether oxygens (including phenoxy) is 2. The van der Waals surface area contributed by atoms with Crippen LogP contribution in [-0.4, -0.2) is 23.4 Å². The lowest BCUT2D eigenvalue weighted by atomic mass is 9.93. The van der Waals surface area contributed by atoms with Crippen molar-refractivity contribution in [3.05, 3.63) is 23.6 Å². The van der Waals surface area contributed by atoms with E-state index in [4.69, 9.17) is 19.7 Å². The minimum Gasteiger partial charge on any atom is -0.490 e. The number of nitrogens with two attached hydrogens (primary N) is 1. The maximum atomic E-state index is 14.6. The van der Waals surface area contributed by atoms with Crippen molar-refractivity contribution in [2.24, 2.45) is 5.73 Å². The van der Waals surface area contributed by atoms with Gasteiger partial charge in [0.15, 0.2) is 11.5 Å². The lowest BCUT2D eigenvalue weighted by Gasteiger charge is -2.20. The second kappa shape index (κ2) is 5.57. The summed E-state index contributed by atoms with van der Waals surface area (Å²) in [6, 6.07) is 3.34. The third-order valence-electron chi connectivity index (χ3n) is 3.41. The Morgan fingerprint density at radius 3 is 2.50 bits per heavy atom. The molecule has 2 N–H and O–H groups in total. The summed E-state index contributed by atoms with van der Waals surface area (Å²) in [4.78, 5) is 4.18. The van der Waals surface area contributed by atoms with Gasteiger partial charge in [0.05, 0.1) is 19.8 Å². The Labute approximate surface area is 127 Å². The highest BCUT2D eigenvalue weighted by Gasteiger charge is 2.28. The predicted molar refractivity (Wildman–Crippen MR) is 77.4 cm³/mol. The number of hydrogen-bond acceptors (Lipinski definition) is 6. The molecule has 1 aliphatic heterocycles. The van der Waals surface area contributed by atoms with E-state index in [-0.39, 0.29) is 12.4 Å². The molecule has 0 fully saturated rings. The van der Waals surface area contributed by atoms with Crippen LogP contribution in [-0.2, 0) is 12.2 Å². The number of nitrogens with zero attached hydrogens (tertiary/aromatic N) is 2. The average Bonchev–Trinajstić information content (AvgIpc) is 2.83. The van der Waals surface area contributed by atoms with Crippen LogP contribution in [0.15, 0.2) is 16.7 Å². The quantitative estimate of drug-likeness (QED) is 0.938. The molecule has 2 aromatic rings. The normalized spacial score (nSPS) is 14.7. The van der Waals surface area contributed by atoms with Crippen LogP contribution in [0.4, 0.5) is 4.39 Å². The third-order valence-corrected chi connectivity index (χ3v) is 3.41. The van der Waals surface area contributed by atoms with E-state index in [1.807, 2.05) is 0 Å². The van der Waals surface area contributed by atoms with Crippen LogP contribution in [0.5, 0.6) is 11.5 Å². The van der Waals surface area contributed by atoms with Gasteiger partial charge in [-0.2, -0.15) is 4.98 Å². The summed E-state index contributed by atoms with van der Waals surface area (Å²) < 4.78 is 30.9. The summed E-state index contributed by atoms with van der Waals surface area (Å²) in [5.74, 6) is 1.67. The minimum atomic E-state index is -1.59. The molecule has 0 spiro atoms. The minimum absolute atomic E-state index is 0.131. The number of halogens is 1. The summed E-state index contributed by atoms with van der Waals surface area (Å²) in [6.45, 7) is 4.16. The first-order valence-electron chi connectivity index (χ1n) is 7.15. The lowest BCUT2D eigenvalue weighted by molar-refractivity contribution is 0.221. The first-order valence-corrected chi connectivity index (χ1v) is 7.15. The van der Waals surface area contributed by atoms with Gasteiger partial charge in [-0.3, -0.25) is 0 Å². The number of benzene rings is 1. The zero-order chi connectivity index (χ0) is 15.7. The summed E-state index contributed by atoms with van der Waals surface area (Å²) in [6.07, 6.45) is 0.776. The monoisotopic (exact) mass is 307 g/mol. The molecule has 1 aromatic carbocycles. The second-order valence-electron chi connectivity index (χ2n) is 5.58. The van der Waals surface area contributed by atoms with Gasteiger partial charge in [-0.1, -0.05) is 5.16 Å². The fraction of sp³-hybridized carbons (Fsp3) is 0.467. The molecule has 7 heteroatoms. The Balaban J connectivity index is 2.16. The maximum absolute atomic E-state index is 14.6. The molecule has 3 rings (SSSR count). The van der Waals surface area contributed by atoms with Gasteiger partial charge < -0.3 is 19.7 Å². The SMILES string of the molecule is CC(C)(F)c1cc2c(cc1-c1noc(CN)n1)OCCCO2. The first-order chi connectivity index (χ1) is 10.5. The summed E-state index contributed by atoms with van der Waals surface area (Å²) in [5.41, 5.74) is 4.82. The summed E-state index contributed by atoms with van der Waals surface area (Å²) in [7, 11) is 0. The van der Waals surface area contributed by atoms with Gasteiger partial charge >= 0.3 is 0 Å². The van der Waals surface area contributed by atoms with Gasteiger partial charge in [-0.15, -0.1) is 0 Å². The van der Waals surface area contributed by atoms with Crippen LogP contribution < -0.4 is 15.2 Å². The van der Waals surface area contributed by atoms with E-state index >= 15 is 0 Å². The number of hydrogen-bond donors (Lipinski definition) is 1. The van der Waals surface area contributed by atoms with E-state index in [0.29, 0.717) is 41.7 Å². The fourth-order valence-electron chi connectivity index (χ4n) is 2.33. The Morgan fingerprint density at radius 2 is 1.91 bits per heavy atom. The molecule has 0 saturated heterocycles. The number of rotatable bonds is 3. The molecule has 0 amide bonds. The van der Waals surface area contributed by atoms with Gasteiger partial charge in [0.1, 0.15) is 5.67 Å². The Morgan fingerprint density at radius 1 is 1.23 bits per heavy atom. The Hall–Kier alpha value is -2.15. The highest BCUT2D eigenvalue weighted by atomic mass is 19.1. The fourth-order valence-corrected chi connectivity index (χ4v) is 2.33. The molecule has 0 radical (unpaired) electrons. The average molecular weight is 307 g/mol. The molecular weight excluding hydrogens is 289 g/mol. The summed E-state index contributed by atoms with van der Waals surface area (Å²) in [5, 5.41) is 3.87. The molecule has 0 unspecified atom stereocenters. The van der Waals surface area contributed by atoms with E-state index in [2.05, 4.69) is 10.1 Å². The molecular formula is C15H18FN3O3. The van der Waals surface area contributed by atoms with Crippen molar-refractivity contribution >= 4 is 0 Å². The topological polar surface area (TPSA) is 83.4 Å². The highest BCUT2D eigenvalue weighted by molar-refractivity contribution is 5.67. The Kier molecular flexibility index (Phi) is 3.74. The number of fused-ring (bicyclic) bond motifs is 1. The molecule has 1 aromatic heterocycles. The van der Waals surface area contributed by atoms with Crippen LogP contribution in [0.1, 0.15) is 31.7 Å². The van der Waals surface area contributed by atoms with E-state index in [1.165, 1.54) is 13.8 Å². The third kappa shape index (κ3) is 2.76. The smallest absolute Gasteiger partial charge is 0.240 e. The molecule has 1 aliphatic rings. The van der Waals surface area contributed by atoms with Gasteiger partial charge in [-0.05, 0) is 26.0 Å². The van der Waals surface area contributed by atoms with Crippen molar-refractivity contribution in [3.8, 4) is 22.9 Å². The van der Waals surface area contributed by atoms with Crippen LogP contribution in [0.3, 0.4) is 0 Å². The van der Waals surface area contributed by atoms with Gasteiger partial charge in [0, 0.05) is 17.5 Å². The molecule has 6 nitrogen and oxygen atoms in total. The van der Waals surface area contributed by atoms with Crippen LogP contribution in [0.2, 0.25) is 0 Å². The van der Waals surface area contributed by atoms with Crippen LogP contribution >= 0.6 is 0 Å². The van der Waals surface area contributed by atoms with Crippen LogP contribution in [0.25, 0.3) is 11.4 Å². The number of aromatic nitrogens is 2. The van der Waals surface area contributed by atoms with E-state index in [9.17, 15) is 4.39 Å². The lowest BCUT2D eigenvalue weighted by Crippen LogP contribution is -2.12. The van der Waals surface area contributed by atoms with Crippen LogP contribution in [0, 0.1) is 0 Å². The van der Waals surface area contributed by atoms with Crippen molar-refractivity contribution in [2.45, 2.75) is 32.5 Å². The van der Waals surface area contributed by atoms with Crippen molar-refractivity contribution in [2.75, 3.05) is 13.2 Å². The van der Waals surface area contributed by atoms with Crippen molar-refractivity contribution in [3.63, 3.8) is 0 Å². The van der Waals surface area contributed by atoms with E-state index < -0.39 is 5.67 Å². The predicted octanol–water partition coefficient (Wildman–Crippen LogP) is 2.56. The molecule has 0 atom stereocenters. The standard InChI is InChI=1S/C15H18FN3O3/c1-15(2,16)10-7-12-11(20-4-3-5-21-12)6-9(10)14-18-13(8-17)22-19-14/h6-7H,3-5,8,17H2,1-2H3. The maximum Gasteiger partial charge on any atom is 0.240 e. The zero-order valence-corrected chi connectivity index (χ0v) is 12.6. The second-order valence-corrected chi connectivity index (χ2v) is 5.58. The van der Waals surface area contributed by atoms with E-state index in [1.54, 1.807) is 12.1 Å². The molecule has 0 aliphatic carbocycles. The zero-order valence-electron chi connectivity index (χ0n) is 12.6. The van der Waals surface area contributed by atoms with E-state index in [0.717, 1.165) is 6.42 Å². The van der Waals surface area contributed by atoms with Crippen molar-refractivity contribution in [1.29, 1.82) is 0 Å². The summed E-state index contributed by atoms with van der Waals surface area (Å²) >= 11 is 0. The van der Waals surface area contributed by atoms with Crippen molar-refractivity contribution < 1.29 is 18.4 Å². The molecule has 2 heterocycles. The Bertz CT molecular complexity index is 679. The highest BCUT2D eigenvalue weighted by Crippen LogP contribution is 2.41. The molecule has 118 valence electrons. The molecule has 0 bridgehead atoms. The number of alkyl halides is 1. The molecule has 22 heavy (non-hydrogen) atoms. The largest absolute Gasteiger partial charge is 0.490 e. The van der Waals surface area contributed by atoms with Gasteiger partial charge in [0.2, 0.25) is 11.7 Å². The molecule has 0 saturated carbocycles. The first kappa shape index (κ1) is 14.8. The van der Waals surface area contributed by atoms with Crippen molar-refractivity contribution in [1.82, 2.24) is 10.1 Å².